The summed E-state index contributed by atoms with van der Waals surface area (Å²) in [6.45, 7) is 0. The largest absolute Gasteiger partial charge is 0.508 e. The van der Waals surface area contributed by atoms with Gasteiger partial charge in [0.05, 0.1) is 5.69 Å². The van der Waals surface area contributed by atoms with Crippen molar-refractivity contribution in [3.05, 3.63) is 45.9 Å². The molecule has 0 amide bonds. The number of phenols is 1. The van der Waals surface area contributed by atoms with E-state index in [9.17, 15) is 9.90 Å². The summed E-state index contributed by atoms with van der Waals surface area (Å²) < 4.78 is 1.52. The number of aromatic amines is 1. The molecule has 1 aliphatic rings. The average molecular weight is 230 g/mol. The van der Waals surface area contributed by atoms with Crippen molar-refractivity contribution in [3.63, 3.8) is 0 Å². The Morgan fingerprint density at radius 2 is 2.06 bits per heavy atom. The molecule has 0 spiro atoms. The highest BCUT2D eigenvalue weighted by Gasteiger charge is 2.18. The van der Waals surface area contributed by atoms with Gasteiger partial charge >= 0.3 is 0 Å². The number of hydrogen-bond donors (Lipinski definition) is 2. The summed E-state index contributed by atoms with van der Waals surface area (Å²) in [7, 11) is 0. The van der Waals surface area contributed by atoms with Crippen molar-refractivity contribution in [2.75, 3.05) is 0 Å². The van der Waals surface area contributed by atoms with Crippen molar-refractivity contribution in [2.45, 2.75) is 25.7 Å². The van der Waals surface area contributed by atoms with Crippen LogP contribution < -0.4 is 5.56 Å². The SMILES string of the molecule is O=c1c2c([nH]n1-c1cccc(O)c1)CCCC2. The first-order valence-corrected chi connectivity index (χ1v) is 5.88. The molecule has 0 unspecified atom stereocenters. The van der Waals surface area contributed by atoms with Crippen LogP contribution in [0.15, 0.2) is 29.1 Å². The molecule has 0 radical (unpaired) electrons. The van der Waals surface area contributed by atoms with Gasteiger partial charge in [-0.25, -0.2) is 4.68 Å². The van der Waals surface area contributed by atoms with E-state index in [1.54, 1.807) is 18.2 Å². The van der Waals surface area contributed by atoms with Crippen molar-refractivity contribution < 1.29 is 5.11 Å². The Morgan fingerprint density at radius 1 is 1.24 bits per heavy atom. The van der Waals surface area contributed by atoms with Gasteiger partial charge in [-0.1, -0.05) is 6.07 Å². The molecule has 17 heavy (non-hydrogen) atoms. The number of benzene rings is 1. The number of H-pyrrole nitrogens is 1. The normalized spacial score (nSPS) is 14.6. The van der Waals surface area contributed by atoms with Gasteiger partial charge in [-0.05, 0) is 37.8 Å². The maximum Gasteiger partial charge on any atom is 0.274 e. The second-order valence-electron chi connectivity index (χ2n) is 4.44. The molecule has 0 saturated heterocycles. The Balaban J connectivity index is 2.16. The van der Waals surface area contributed by atoms with E-state index in [0.29, 0.717) is 5.69 Å². The predicted molar refractivity (Wildman–Crippen MR) is 64.7 cm³/mol. The minimum Gasteiger partial charge on any atom is -0.508 e. The summed E-state index contributed by atoms with van der Waals surface area (Å²) in [4.78, 5) is 12.2. The number of phenolic OH excluding ortho intramolecular Hbond substituents is 1. The van der Waals surface area contributed by atoms with Crippen LogP contribution in [-0.4, -0.2) is 14.9 Å². The molecule has 0 bridgehead atoms. The second kappa shape index (κ2) is 3.80. The average Bonchev–Trinajstić information content (AvgIpc) is 2.68. The van der Waals surface area contributed by atoms with Gasteiger partial charge in [0.2, 0.25) is 0 Å². The molecule has 2 aromatic rings. The van der Waals surface area contributed by atoms with Gasteiger partial charge in [-0.15, -0.1) is 0 Å². The molecule has 1 aromatic carbocycles. The highest BCUT2D eigenvalue weighted by molar-refractivity contribution is 5.39. The van der Waals surface area contributed by atoms with Gasteiger partial charge in [0, 0.05) is 17.3 Å². The smallest absolute Gasteiger partial charge is 0.274 e. The lowest BCUT2D eigenvalue weighted by atomic mass is 9.98. The molecular formula is C13H14N2O2. The quantitative estimate of drug-likeness (QED) is 0.784. The summed E-state index contributed by atoms with van der Waals surface area (Å²) in [6, 6.07) is 6.72. The van der Waals surface area contributed by atoms with E-state index in [0.717, 1.165) is 36.9 Å². The van der Waals surface area contributed by atoms with Crippen molar-refractivity contribution in [1.29, 1.82) is 0 Å². The van der Waals surface area contributed by atoms with Crippen LogP contribution in [-0.2, 0) is 12.8 Å². The third-order valence-electron chi connectivity index (χ3n) is 3.26. The van der Waals surface area contributed by atoms with Crippen LogP contribution in [0.1, 0.15) is 24.1 Å². The zero-order chi connectivity index (χ0) is 11.8. The van der Waals surface area contributed by atoms with Crippen molar-refractivity contribution in [3.8, 4) is 11.4 Å². The fourth-order valence-corrected chi connectivity index (χ4v) is 2.40. The summed E-state index contributed by atoms with van der Waals surface area (Å²) in [5, 5.41) is 12.6. The molecule has 88 valence electrons. The van der Waals surface area contributed by atoms with E-state index < -0.39 is 0 Å². The number of aromatic hydroxyl groups is 1. The standard InChI is InChI=1S/C13H14N2O2/c16-10-5-3-4-9(8-10)15-13(17)11-6-1-2-7-12(11)14-15/h3-5,8,14,16H,1-2,6-7H2. The Hall–Kier alpha value is -1.97. The van der Waals surface area contributed by atoms with Crippen LogP contribution in [0.3, 0.4) is 0 Å². The zero-order valence-corrected chi connectivity index (χ0v) is 9.44. The maximum absolute atomic E-state index is 12.2. The van der Waals surface area contributed by atoms with Gasteiger partial charge < -0.3 is 5.11 Å². The molecule has 1 aliphatic carbocycles. The number of rotatable bonds is 1. The minimum atomic E-state index is 0.0188. The van der Waals surface area contributed by atoms with Crippen LogP contribution in [0.25, 0.3) is 5.69 Å². The minimum absolute atomic E-state index is 0.0188. The third kappa shape index (κ3) is 1.65. The van der Waals surface area contributed by atoms with Crippen LogP contribution >= 0.6 is 0 Å². The van der Waals surface area contributed by atoms with Gasteiger partial charge in [0.25, 0.3) is 5.56 Å². The third-order valence-corrected chi connectivity index (χ3v) is 3.26. The lowest BCUT2D eigenvalue weighted by Crippen LogP contribution is -2.17. The number of aryl methyl sites for hydroxylation is 1. The maximum atomic E-state index is 12.2. The van der Waals surface area contributed by atoms with Crippen LogP contribution in [0, 0.1) is 0 Å². The first kappa shape index (κ1) is 10.2. The van der Waals surface area contributed by atoms with Crippen molar-refractivity contribution in [2.24, 2.45) is 0 Å². The van der Waals surface area contributed by atoms with Crippen LogP contribution in [0.4, 0.5) is 0 Å². The molecule has 0 atom stereocenters. The van der Waals surface area contributed by atoms with Crippen molar-refractivity contribution >= 4 is 0 Å². The molecule has 4 nitrogen and oxygen atoms in total. The molecule has 4 heteroatoms. The molecule has 0 aliphatic heterocycles. The number of aromatic nitrogens is 2. The Bertz CT molecular complexity index is 610. The Labute approximate surface area is 98.5 Å². The first-order valence-electron chi connectivity index (χ1n) is 5.88. The van der Waals surface area contributed by atoms with E-state index in [4.69, 9.17) is 0 Å². The van der Waals surface area contributed by atoms with Crippen LogP contribution in [0.2, 0.25) is 0 Å². The summed E-state index contributed by atoms with van der Waals surface area (Å²) in [5.74, 6) is 0.168. The molecule has 0 saturated carbocycles. The monoisotopic (exact) mass is 230 g/mol. The van der Waals surface area contributed by atoms with E-state index in [1.165, 1.54) is 4.68 Å². The number of fused-ring (bicyclic) bond motifs is 1. The van der Waals surface area contributed by atoms with Gasteiger partial charge in [0.15, 0.2) is 0 Å². The predicted octanol–water partition coefficient (Wildman–Crippen LogP) is 1.75. The van der Waals surface area contributed by atoms with E-state index in [1.807, 2.05) is 6.07 Å². The highest BCUT2D eigenvalue weighted by atomic mass is 16.3. The van der Waals surface area contributed by atoms with Gasteiger partial charge in [-0.3, -0.25) is 9.89 Å². The number of nitrogens with zero attached hydrogens (tertiary/aromatic N) is 1. The van der Waals surface area contributed by atoms with Gasteiger partial charge in [-0.2, -0.15) is 0 Å². The van der Waals surface area contributed by atoms with Crippen LogP contribution in [0.5, 0.6) is 5.75 Å². The molecular weight excluding hydrogens is 216 g/mol. The zero-order valence-electron chi connectivity index (χ0n) is 9.44. The van der Waals surface area contributed by atoms with Gasteiger partial charge in [0.1, 0.15) is 5.75 Å². The molecule has 3 rings (SSSR count). The van der Waals surface area contributed by atoms with E-state index in [-0.39, 0.29) is 11.3 Å². The summed E-state index contributed by atoms with van der Waals surface area (Å²) in [6.07, 6.45) is 4.01. The highest BCUT2D eigenvalue weighted by Crippen LogP contribution is 2.19. The molecule has 1 heterocycles. The van der Waals surface area contributed by atoms with E-state index >= 15 is 0 Å². The molecule has 1 aromatic heterocycles. The topological polar surface area (TPSA) is 58.0 Å². The Kier molecular flexibility index (Phi) is 2.28. The number of nitrogens with one attached hydrogen (secondary N) is 1. The fraction of sp³-hybridized carbons (Fsp3) is 0.308. The van der Waals surface area contributed by atoms with Crippen molar-refractivity contribution in [1.82, 2.24) is 9.78 Å². The first-order chi connectivity index (χ1) is 8.25. The molecule has 2 N–H and O–H groups in total. The number of hydrogen-bond acceptors (Lipinski definition) is 2. The summed E-state index contributed by atoms with van der Waals surface area (Å²) in [5.41, 5.74) is 2.65. The lowest BCUT2D eigenvalue weighted by molar-refractivity contribution is 0.474. The lowest BCUT2D eigenvalue weighted by Gasteiger charge is -2.07. The van der Waals surface area contributed by atoms with E-state index in [2.05, 4.69) is 5.10 Å². The molecule has 0 fully saturated rings. The summed E-state index contributed by atoms with van der Waals surface area (Å²) >= 11 is 0. The Morgan fingerprint density at radius 3 is 2.82 bits per heavy atom. The second-order valence-corrected chi connectivity index (χ2v) is 4.44. The fourth-order valence-electron chi connectivity index (χ4n) is 2.40.